The van der Waals surface area contributed by atoms with Crippen molar-refractivity contribution in [2.45, 2.75) is 13.5 Å². The summed E-state index contributed by atoms with van der Waals surface area (Å²) in [5.41, 5.74) is 2.72. The Morgan fingerprint density at radius 2 is 1.71 bits per heavy atom. The topological polar surface area (TPSA) is 12.0 Å². The third kappa shape index (κ3) is 1.51. The Morgan fingerprint density at radius 3 is 2.43 bits per heavy atom. The van der Waals surface area contributed by atoms with Crippen molar-refractivity contribution >= 4 is 10.8 Å². The average Bonchev–Trinajstić information content (AvgIpc) is 2.23. The Morgan fingerprint density at radius 1 is 1.00 bits per heavy atom. The SMILES string of the molecule is CNCc1ccc(C)c2ccccc12. The summed E-state index contributed by atoms with van der Waals surface area (Å²) in [6.07, 6.45) is 0. The largest absolute Gasteiger partial charge is 0.316 e. The summed E-state index contributed by atoms with van der Waals surface area (Å²) in [4.78, 5) is 0. The zero-order valence-electron chi connectivity index (χ0n) is 8.67. The van der Waals surface area contributed by atoms with Crippen molar-refractivity contribution in [3.63, 3.8) is 0 Å². The lowest BCUT2D eigenvalue weighted by Gasteiger charge is -2.07. The van der Waals surface area contributed by atoms with Crippen LogP contribution in [0.25, 0.3) is 10.8 Å². The Bertz CT molecular complexity index is 446. The van der Waals surface area contributed by atoms with Crippen molar-refractivity contribution in [1.29, 1.82) is 0 Å². The van der Waals surface area contributed by atoms with Gasteiger partial charge >= 0.3 is 0 Å². The van der Waals surface area contributed by atoms with Crippen LogP contribution in [0.4, 0.5) is 0 Å². The predicted octanol–water partition coefficient (Wildman–Crippen LogP) is 2.87. The maximum atomic E-state index is 3.20. The molecule has 0 aliphatic carbocycles. The number of aryl methyl sites for hydroxylation is 1. The molecule has 0 heterocycles. The minimum Gasteiger partial charge on any atom is -0.316 e. The smallest absolute Gasteiger partial charge is 0.0208 e. The molecular formula is C13H15N. The van der Waals surface area contributed by atoms with Crippen LogP contribution >= 0.6 is 0 Å². The van der Waals surface area contributed by atoms with Crippen LogP contribution < -0.4 is 5.32 Å². The Labute approximate surface area is 84.8 Å². The predicted molar refractivity (Wildman–Crippen MR) is 61.4 cm³/mol. The van der Waals surface area contributed by atoms with Crippen molar-refractivity contribution in [3.05, 3.63) is 47.5 Å². The second kappa shape index (κ2) is 3.81. The van der Waals surface area contributed by atoms with Gasteiger partial charge in [-0.05, 0) is 35.9 Å². The second-order valence-corrected chi connectivity index (χ2v) is 3.62. The van der Waals surface area contributed by atoms with Crippen LogP contribution in [0.3, 0.4) is 0 Å². The molecule has 0 unspecified atom stereocenters. The second-order valence-electron chi connectivity index (χ2n) is 3.62. The van der Waals surface area contributed by atoms with E-state index in [1.807, 2.05) is 7.05 Å². The van der Waals surface area contributed by atoms with Gasteiger partial charge in [-0.2, -0.15) is 0 Å². The average molecular weight is 185 g/mol. The van der Waals surface area contributed by atoms with Gasteiger partial charge in [0.05, 0.1) is 0 Å². The van der Waals surface area contributed by atoms with Crippen LogP contribution in [-0.4, -0.2) is 7.05 Å². The molecule has 0 aliphatic heterocycles. The molecule has 0 aliphatic rings. The highest BCUT2D eigenvalue weighted by atomic mass is 14.8. The van der Waals surface area contributed by atoms with E-state index >= 15 is 0 Å². The number of rotatable bonds is 2. The van der Waals surface area contributed by atoms with E-state index < -0.39 is 0 Å². The Hall–Kier alpha value is -1.34. The molecule has 2 rings (SSSR count). The van der Waals surface area contributed by atoms with Gasteiger partial charge in [-0.25, -0.2) is 0 Å². The van der Waals surface area contributed by atoms with Gasteiger partial charge in [0.2, 0.25) is 0 Å². The fourth-order valence-electron chi connectivity index (χ4n) is 1.86. The van der Waals surface area contributed by atoms with Gasteiger partial charge in [0.1, 0.15) is 0 Å². The minimum absolute atomic E-state index is 0.931. The van der Waals surface area contributed by atoms with E-state index in [9.17, 15) is 0 Å². The summed E-state index contributed by atoms with van der Waals surface area (Å²) in [7, 11) is 1.98. The third-order valence-electron chi connectivity index (χ3n) is 2.60. The molecule has 0 saturated carbocycles. The van der Waals surface area contributed by atoms with E-state index in [4.69, 9.17) is 0 Å². The first-order valence-electron chi connectivity index (χ1n) is 4.95. The van der Waals surface area contributed by atoms with E-state index in [0.29, 0.717) is 0 Å². The molecule has 2 aromatic rings. The molecule has 72 valence electrons. The molecule has 0 saturated heterocycles. The number of fused-ring (bicyclic) bond motifs is 1. The highest BCUT2D eigenvalue weighted by molar-refractivity contribution is 5.88. The summed E-state index contributed by atoms with van der Waals surface area (Å²) < 4.78 is 0. The highest BCUT2D eigenvalue weighted by Gasteiger charge is 2.01. The van der Waals surface area contributed by atoms with Gasteiger partial charge < -0.3 is 5.32 Å². The highest BCUT2D eigenvalue weighted by Crippen LogP contribution is 2.21. The van der Waals surface area contributed by atoms with E-state index in [1.165, 1.54) is 21.9 Å². The molecular weight excluding hydrogens is 170 g/mol. The fraction of sp³-hybridized carbons (Fsp3) is 0.231. The van der Waals surface area contributed by atoms with Crippen molar-refractivity contribution in [2.75, 3.05) is 7.05 Å². The van der Waals surface area contributed by atoms with Crippen LogP contribution in [0.15, 0.2) is 36.4 Å². The molecule has 2 aromatic carbocycles. The van der Waals surface area contributed by atoms with Gasteiger partial charge in [0.25, 0.3) is 0 Å². The molecule has 1 N–H and O–H groups in total. The number of hydrogen-bond acceptors (Lipinski definition) is 1. The number of nitrogens with one attached hydrogen (secondary N) is 1. The van der Waals surface area contributed by atoms with Crippen molar-refractivity contribution in [1.82, 2.24) is 5.32 Å². The summed E-state index contributed by atoms with van der Waals surface area (Å²) in [6, 6.07) is 13.0. The van der Waals surface area contributed by atoms with Crippen LogP contribution in [0, 0.1) is 6.92 Å². The molecule has 1 nitrogen and oxygen atoms in total. The van der Waals surface area contributed by atoms with Crippen LogP contribution in [0.1, 0.15) is 11.1 Å². The normalized spacial score (nSPS) is 10.7. The molecule has 0 atom stereocenters. The molecule has 0 aromatic heterocycles. The maximum absolute atomic E-state index is 3.20. The van der Waals surface area contributed by atoms with Crippen molar-refractivity contribution < 1.29 is 0 Å². The monoisotopic (exact) mass is 185 g/mol. The van der Waals surface area contributed by atoms with Crippen molar-refractivity contribution in [3.8, 4) is 0 Å². The van der Waals surface area contributed by atoms with Gasteiger partial charge in [-0.15, -0.1) is 0 Å². The number of benzene rings is 2. The fourth-order valence-corrected chi connectivity index (χ4v) is 1.86. The first-order chi connectivity index (χ1) is 6.83. The standard InChI is InChI=1S/C13H15N/c1-10-7-8-11(9-14-2)13-6-4-3-5-12(10)13/h3-8,14H,9H2,1-2H3. The quantitative estimate of drug-likeness (QED) is 0.758. The lowest BCUT2D eigenvalue weighted by Crippen LogP contribution is -2.05. The third-order valence-corrected chi connectivity index (χ3v) is 2.60. The molecule has 0 radical (unpaired) electrons. The first kappa shape index (κ1) is 9.22. The van der Waals surface area contributed by atoms with Crippen LogP contribution in [0.2, 0.25) is 0 Å². The molecule has 0 fully saturated rings. The Balaban J connectivity index is 2.68. The summed E-state index contributed by atoms with van der Waals surface area (Å²) >= 11 is 0. The summed E-state index contributed by atoms with van der Waals surface area (Å²) in [6.45, 7) is 3.09. The van der Waals surface area contributed by atoms with Gasteiger partial charge in [-0.3, -0.25) is 0 Å². The molecule has 1 heteroatoms. The van der Waals surface area contributed by atoms with Crippen LogP contribution in [-0.2, 0) is 6.54 Å². The lowest BCUT2D eigenvalue weighted by atomic mass is 10.0. The Kier molecular flexibility index (Phi) is 2.51. The van der Waals surface area contributed by atoms with E-state index in [-0.39, 0.29) is 0 Å². The van der Waals surface area contributed by atoms with Gasteiger partial charge in [0, 0.05) is 6.54 Å². The summed E-state index contributed by atoms with van der Waals surface area (Å²) in [5, 5.41) is 5.92. The molecule has 0 bridgehead atoms. The molecule has 14 heavy (non-hydrogen) atoms. The lowest BCUT2D eigenvalue weighted by molar-refractivity contribution is 0.823. The molecule has 0 spiro atoms. The first-order valence-corrected chi connectivity index (χ1v) is 4.95. The van der Waals surface area contributed by atoms with E-state index in [2.05, 4.69) is 48.6 Å². The molecule has 0 amide bonds. The minimum atomic E-state index is 0.931. The number of hydrogen-bond donors (Lipinski definition) is 1. The van der Waals surface area contributed by atoms with Crippen LogP contribution in [0.5, 0.6) is 0 Å². The van der Waals surface area contributed by atoms with E-state index in [0.717, 1.165) is 6.54 Å². The zero-order valence-corrected chi connectivity index (χ0v) is 8.67. The van der Waals surface area contributed by atoms with Gasteiger partial charge in [-0.1, -0.05) is 36.4 Å². The van der Waals surface area contributed by atoms with Gasteiger partial charge in [0.15, 0.2) is 0 Å². The maximum Gasteiger partial charge on any atom is 0.0208 e. The van der Waals surface area contributed by atoms with Crippen molar-refractivity contribution in [2.24, 2.45) is 0 Å². The zero-order chi connectivity index (χ0) is 9.97. The summed E-state index contributed by atoms with van der Waals surface area (Å²) in [5.74, 6) is 0. The van der Waals surface area contributed by atoms with E-state index in [1.54, 1.807) is 0 Å².